The van der Waals surface area contributed by atoms with Gasteiger partial charge >= 0.3 is 0 Å². The van der Waals surface area contributed by atoms with E-state index in [0.717, 1.165) is 23.6 Å². The number of ether oxygens (including phenoxy) is 1. The van der Waals surface area contributed by atoms with Crippen LogP contribution in [0.5, 0.6) is 5.75 Å². The highest BCUT2D eigenvalue weighted by molar-refractivity contribution is 6.32. The largest absolute Gasteiger partial charge is 0.485 e. The van der Waals surface area contributed by atoms with E-state index in [1.807, 2.05) is 29.8 Å². The van der Waals surface area contributed by atoms with Gasteiger partial charge < -0.3 is 14.6 Å². The molecule has 2 rings (SSSR count). The topological polar surface area (TPSA) is 39.1 Å². The highest BCUT2D eigenvalue weighted by Gasteiger charge is 2.10. The van der Waals surface area contributed by atoms with Crippen LogP contribution in [0.3, 0.4) is 0 Å². The van der Waals surface area contributed by atoms with E-state index in [-0.39, 0.29) is 0 Å². The van der Waals surface area contributed by atoms with Gasteiger partial charge in [-0.3, -0.25) is 0 Å². The molecule has 0 bridgehead atoms. The van der Waals surface area contributed by atoms with Crippen LogP contribution in [0.15, 0.2) is 30.7 Å². The van der Waals surface area contributed by atoms with Gasteiger partial charge in [-0.2, -0.15) is 0 Å². The van der Waals surface area contributed by atoms with Crippen molar-refractivity contribution in [3.05, 3.63) is 47.0 Å². The average molecular weight is 294 g/mol. The molecule has 20 heavy (non-hydrogen) atoms. The van der Waals surface area contributed by atoms with Crippen molar-refractivity contribution < 1.29 is 4.74 Å². The predicted octanol–water partition coefficient (Wildman–Crippen LogP) is 3.15. The van der Waals surface area contributed by atoms with Gasteiger partial charge in [0.25, 0.3) is 0 Å². The van der Waals surface area contributed by atoms with Crippen molar-refractivity contribution in [2.75, 3.05) is 0 Å². The van der Waals surface area contributed by atoms with Crippen LogP contribution in [0.1, 0.15) is 25.1 Å². The SMILES string of the molecule is CC(C)NCc1cccc(Cl)c1OCc1cncn1C. The first kappa shape index (κ1) is 14.9. The standard InChI is InChI=1S/C15H20ClN3O/c1-11(2)18-7-12-5-4-6-14(16)15(12)20-9-13-8-17-10-19(13)3/h4-6,8,10-11,18H,7,9H2,1-3H3. The van der Waals surface area contributed by atoms with Crippen LogP contribution in [0.4, 0.5) is 0 Å². The minimum Gasteiger partial charge on any atom is -0.485 e. The van der Waals surface area contributed by atoms with E-state index in [9.17, 15) is 0 Å². The maximum Gasteiger partial charge on any atom is 0.142 e. The first-order valence-corrected chi connectivity index (χ1v) is 7.04. The van der Waals surface area contributed by atoms with Gasteiger partial charge in [-0.1, -0.05) is 37.6 Å². The lowest BCUT2D eigenvalue weighted by Gasteiger charge is -2.15. The molecular weight excluding hydrogens is 274 g/mol. The van der Waals surface area contributed by atoms with Gasteiger partial charge in [0, 0.05) is 25.2 Å². The minimum atomic E-state index is 0.416. The summed E-state index contributed by atoms with van der Waals surface area (Å²) in [6.45, 7) is 5.41. The summed E-state index contributed by atoms with van der Waals surface area (Å²) in [4.78, 5) is 4.08. The Kier molecular flexibility index (Phi) is 5.04. The van der Waals surface area contributed by atoms with E-state index in [0.29, 0.717) is 17.7 Å². The van der Waals surface area contributed by atoms with E-state index < -0.39 is 0 Å². The second-order valence-corrected chi connectivity index (χ2v) is 5.46. The van der Waals surface area contributed by atoms with Crippen LogP contribution >= 0.6 is 11.6 Å². The van der Waals surface area contributed by atoms with Gasteiger partial charge in [0.2, 0.25) is 0 Å². The summed E-state index contributed by atoms with van der Waals surface area (Å²) in [5.41, 5.74) is 2.07. The lowest BCUT2D eigenvalue weighted by atomic mass is 10.2. The number of benzene rings is 1. The third-order valence-electron chi connectivity index (χ3n) is 3.03. The monoisotopic (exact) mass is 293 g/mol. The second-order valence-electron chi connectivity index (χ2n) is 5.05. The lowest BCUT2D eigenvalue weighted by molar-refractivity contribution is 0.293. The van der Waals surface area contributed by atoms with Crippen molar-refractivity contribution in [1.29, 1.82) is 0 Å². The first-order valence-electron chi connectivity index (χ1n) is 6.66. The molecule has 1 aromatic heterocycles. The van der Waals surface area contributed by atoms with Crippen LogP contribution < -0.4 is 10.1 Å². The Morgan fingerprint density at radius 3 is 2.85 bits per heavy atom. The highest BCUT2D eigenvalue weighted by Crippen LogP contribution is 2.29. The van der Waals surface area contributed by atoms with E-state index in [4.69, 9.17) is 16.3 Å². The molecule has 1 heterocycles. The second kappa shape index (κ2) is 6.77. The summed E-state index contributed by atoms with van der Waals surface area (Å²) in [6.07, 6.45) is 3.55. The molecule has 0 aliphatic rings. The van der Waals surface area contributed by atoms with E-state index in [1.165, 1.54) is 0 Å². The third-order valence-corrected chi connectivity index (χ3v) is 3.33. The molecule has 0 spiro atoms. The highest BCUT2D eigenvalue weighted by atomic mass is 35.5. The number of halogens is 1. The molecule has 2 aromatic rings. The number of nitrogens with one attached hydrogen (secondary N) is 1. The summed E-state index contributed by atoms with van der Waals surface area (Å²) in [5.74, 6) is 0.739. The molecule has 0 fully saturated rings. The van der Waals surface area contributed by atoms with Crippen LogP contribution in [-0.2, 0) is 20.2 Å². The van der Waals surface area contributed by atoms with Crippen molar-refractivity contribution in [3.8, 4) is 5.75 Å². The number of rotatable bonds is 6. The number of nitrogens with zero attached hydrogens (tertiary/aromatic N) is 2. The Labute approximate surface area is 124 Å². The van der Waals surface area contributed by atoms with Gasteiger partial charge in [-0.25, -0.2) is 4.98 Å². The molecule has 1 N–H and O–H groups in total. The molecule has 1 aromatic carbocycles. The van der Waals surface area contributed by atoms with Gasteiger partial charge in [-0.05, 0) is 6.07 Å². The summed E-state index contributed by atoms with van der Waals surface area (Å²) in [5, 5.41) is 4.01. The molecule has 0 aliphatic heterocycles. The number of aryl methyl sites for hydroxylation is 1. The quantitative estimate of drug-likeness (QED) is 0.889. The molecule has 0 atom stereocenters. The molecule has 4 nitrogen and oxygen atoms in total. The van der Waals surface area contributed by atoms with Gasteiger partial charge in [-0.15, -0.1) is 0 Å². The average Bonchev–Trinajstić information content (AvgIpc) is 2.81. The molecule has 0 aliphatic carbocycles. The Balaban J connectivity index is 2.11. The maximum atomic E-state index is 6.25. The zero-order chi connectivity index (χ0) is 14.5. The van der Waals surface area contributed by atoms with Crippen molar-refractivity contribution in [2.45, 2.75) is 33.0 Å². The van der Waals surface area contributed by atoms with Crippen LogP contribution in [-0.4, -0.2) is 15.6 Å². The Bertz CT molecular complexity index is 566. The van der Waals surface area contributed by atoms with Crippen molar-refractivity contribution in [2.24, 2.45) is 7.05 Å². The summed E-state index contributed by atoms with van der Waals surface area (Å²) in [6, 6.07) is 6.23. The summed E-state index contributed by atoms with van der Waals surface area (Å²) < 4.78 is 7.83. The molecule has 0 saturated carbocycles. The molecule has 5 heteroatoms. The van der Waals surface area contributed by atoms with E-state index in [2.05, 4.69) is 24.1 Å². The van der Waals surface area contributed by atoms with Gasteiger partial charge in [0.15, 0.2) is 0 Å². The zero-order valence-corrected chi connectivity index (χ0v) is 12.8. The molecule has 108 valence electrons. The molecular formula is C15H20ClN3O. The maximum absolute atomic E-state index is 6.25. The number of hydrogen-bond donors (Lipinski definition) is 1. The predicted molar refractivity (Wildman–Crippen MR) is 81.0 cm³/mol. The van der Waals surface area contributed by atoms with Crippen molar-refractivity contribution in [3.63, 3.8) is 0 Å². The normalized spacial score (nSPS) is 11.1. The molecule has 0 saturated heterocycles. The lowest BCUT2D eigenvalue weighted by Crippen LogP contribution is -2.22. The minimum absolute atomic E-state index is 0.416. The fourth-order valence-electron chi connectivity index (χ4n) is 1.84. The summed E-state index contributed by atoms with van der Waals surface area (Å²) in [7, 11) is 1.94. The fourth-order valence-corrected chi connectivity index (χ4v) is 2.09. The smallest absolute Gasteiger partial charge is 0.142 e. The van der Waals surface area contributed by atoms with Gasteiger partial charge in [0.05, 0.1) is 23.2 Å². The number of hydrogen-bond acceptors (Lipinski definition) is 3. The van der Waals surface area contributed by atoms with Crippen molar-refractivity contribution >= 4 is 11.6 Å². The van der Waals surface area contributed by atoms with Crippen LogP contribution in [0.2, 0.25) is 5.02 Å². The molecule has 0 unspecified atom stereocenters. The molecule has 0 amide bonds. The number of aromatic nitrogens is 2. The van der Waals surface area contributed by atoms with E-state index >= 15 is 0 Å². The first-order chi connectivity index (χ1) is 9.58. The summed E-state index contributed by atoms with van der Waals surface area (Å²) >= 11 is 6.25. The fraction of sp³-hybridized carbons (Fsp3) is 0.400. The number of para-hydroxylation sites is 1. The zero-order valence-electron chi connectivity index (χ0n) is 12.1. The Morgan fingerprint density at radius 1 is 1.40 bits per heavy atom. The number of imidazole rings is 1. The van der Waals surface area contributed by atoms with Crippen LogP contribution in [0.25, 0.3) is 0 Å². The Hall–Kier alpha value is -1.52. The molecule has 0 radical (unpaired) electrons. The van der Waals surface area contributed by atoms with Crippen LogP contribution in [0, 0.1) is 0 Å². The Morgan fingerprint density at radius 2 is 2.20 bits per heavy atom. The third kappa shape index (κ3) is 3.74. The van der Waals surface area contributed by atoms with Crippen molar-refractivity contribution in [1.82, 2.24) is 14.9 Å². The van der Waals surface area contributed by atoms with E-state index in [1.54, 1.807) is 12.5 Å². The van der Waals surface area contributed by atoms with Gasteiger partial charge in [0.1, 0.15) is 12.4 Å².